The van der Waals surface area contributed by atoms with E-state index in [0.717, 1.165) is 12.1 Å². The van der Waals surface area contributed by atoms with E-state index < -0.39 is 17.7 Å². The van der Waals surface area contributed by atoms with E-state index in [1.807, 2.05) is 0 Å². The Morgan fingerprint density at radius 3 is 2.46 bits per heavy atom. The molecule has 13 heavy (non-hydrogen) atoms. The van der Waals surface area contributed by atoms with E-state index in [0.29, 0.717) is 0 Å². The second kappa shape index (κ2) is 3.38. The van der Waals surface area contributed by atoms with E-state index >= 15 is 0 Å². The molecule has 0 unspecified atom stereocenters. The van der Waals surface area contributed by atoms with Crippen molar-refractivity contribution in [3.05, 3.63) is 29.3 Å². The molecular weight excluding hydrogens is 178 g/mol. The lowest BCUT2D eigenvalue weighted by Crippen LogP contribution is -2.10. The third-order valence-corrected chi connectivity index (χ3v) is 1.58. The number of nitrogens with two attached hydrogens (primary N) is 1. The Bertz CT molecular complexity index is 339. The number of amidine groups is 1. The van der Waals surface area contributed by atoms with Gasteiger partial charge in [-0.3, -0.25) is 5.41 Å². The largest absolute Gasteiger partial charge is 0.507 e. The topological polar surface area (TPSA) is 70.1 Å². The molecule has 0 radical (unpaired) electrons. The van der Waals surface area contributed by atoms with Crippen LogP contribution in [-0.4, -0.2) is 10.9 Å². The molecule has 0 fully saturated rings. The Morgan fingerprint density at radius 2 is 2.08 bits per heavy atom. The molecule has 0 atom stereocenters. The highest BCUT2D eigenvalue weighted by atomic mass is 19.3. The Hall–Kier alpha value is -1.65. The van der Waals surface area contributed by atoms with Crippen molar-refractivity contribution >= 4 is 5.84 Å². The summed E-state index contributed by atoms with van der Waals surface area (Å²) in [5, 5.41) is 16.1. The molecule has 0 heterocycles. The quantitative estimate of drug-likeness (QED) is 0.485. The molecule has 0 aliphatic carbocycles. The number of halogens is 2. The number of aromatic hydroxyl groups is 1. The summed E-state index contributed by atoms with van der Waals surface area (Å²) in [5.41, 5.74) is 4.86. The van der Waals surface area contributed by atoms with Crippen molar-refractivity contribution in [1.29, 1.82) is 5.41 Å². The number of nitrogens with one attached hydrogen (secondary N) is 1. The third-order valence-electron chi connectivity index (χ3n) is 1.58. The van der Waals surface area contributed by atoms with Gasteiger partial charge in [-0.2, -0.15) is 0 Å². The molecule has 1 rings (SSSR count). The van der Waals surface area contributed by atoms with Crippen molar-refractivity contribution in [2.45, 2.75) is 6.43 Å². The monoisotopic (exact) mass is 186 g/mol. The summed E-state index contributed by atoms with van der Waals surface area (Å²) >= 11 is 0. The average Bonchev–Trinajstić information content (AvgIpc) is 2.03. The Kier molecular flexibility index (Phi) is 2.46. The van der Waals surface area contributed by atoms with E-state index in [9.17, 15) is 8.78 Å². The lowest BCUT2D eigenvalue weighted by molar-refractivity contribution is 0.147. The normalized spacial score (nSPS) is 10.4. The zero-order chi connectivity index (χ0) is 10.0. The molecule has 3 nitrogen and oxygen atoms in total. The number of nitrogen functional groups attached to an aromatic ring is 1. The summed E-state index contributed by atoms with van der Waals surface area (Å²) in [6.07, 6.45) is -2.72. The average molecular weight is 186 g/mol. The highest BCUT2D eigenvalue weighted by Gasteiger charge is 2.12. The number of phenols is 1. The molecule has 0 aliphatic rings. The lowest BCUT2D eigenvalue weighted by Gasteiger charge is -2.04. The van der Waals surface area contributed by atoms with Crippen molar-refractivity contribution in [2.24, 2.45) is 5.73 Å². The van der Waals surface area contributed by atoms with Crippen LogP contribution in [0.25, 0.3) is 0 Å². The number of hydrogen-bond donors (Lipinski definition) is 3. The second-order valence-electron chi connectivity index (χ2n) is 2.49. The van der Waals surface area contributed by atoms with Crippen molar-refractivity contribution in [1.82, 2.24) is 0 Å². The Balaban J connectivity index is 3.13. The van der Waals surface area contributed by atoms with E-state index in [-0.39, 0.29) is 11.4 Å². The van der Waals surface area contributed by atoms with Crippen LogP contribution in [0.4, 0.5) is 8.78 Å². The Labute approximate surface area is 73.3 Å². The molecule has 0 bridgehead atoms. The summed E-state index contributed by atoms with van der Waals surface area (Å²) in [6.45, 7) is 0. The molecule has 0 spiro atoms. The number of alkyl halides is 2. The second-order valence-corrected chi connectivity index (χ2v) is 2.49. The van der Waals surface area contributed by atoms with E-state index in [4.69, 9.17) is 16.2 Å². The molecule has 0 saturated carbocycles. The van der Waals surface area contributed by atoms with Crippen LogP contribution in [0.1, 0.15) is 17.6 Å². The van der Waals surface area contributed by atoms with Gasteiger partial charge in [-0.15, -0.1) is 0 Å². The zero-order valence-corrected chi connectivity index (χ0v) is 6.59. The van der Waals surface area contributed by atoms with Gasteiger partial charge in [-0.25, -0.2) is 8.78 Å². The number of rotatable bonds is 2. The van der Waals surface area contributed by atoms with Crippen LogP contribution < -0.4 is 5.73 Å². The predicted molar refractivity (Wildman–Crippen MR) is 44.1 cm³/mol. The van der Waals surface area contributed by atoms with Crippen LogP contribution in [0.5, 0.6) is 5.75 Å². The third kappa shape index (κ3) is 1.93. The molecule has 70 valence electrons. The van der Waals surface area contributed by atoms with E-state index in [1.165, 1.54) is 6.07 Å². The van der Waals surface area contributed by atoms with Gasteiger partial charge in [0.25, 0.3) is 6.43 Å². The maximum absolute atomic E-state index is 12.1. The van der Waals surface area contributed by atoms with Gasteiger partial charge in [0.15, 0.2) is 0 Å². The van der Waals surface area contributed by atoms with E-state index in [2.05, 4.69) is 0 Å². The first-order valence-corrected chi connectivity index (χ1v) is 3.48. The van der Waals surface area contributed by atoms with Gasteiger partial charge in [0.2, 0.25) is 0 Å². The van der Waals surface area contributed by atoms with E-state index in [1.54, 1.807) is 0 Å². The van der Waals surface area contributed by atoms with Crippen LogP contribution in [0.3, 0.4) is 0 Å². The highest BCUT2D eigenvalue weighted by Crippen LogP contribution is 2.28. The smallest absolute Gasteiger partial charge is 0.267 e. The summed E-state index contributed by atoms with van der Waals surface area (Å²) in [6, 6.07) is 3.37. The molecule has 1 aromatic carbocycles. The number of hydrogen-bond acceptors (Lipinski definition) is 2. The minimum absolute atomic E-state index is 0.224. The summed E-state index contributed by atoms with van der Waals surface area (Å²) in [7, 11) is 0. The minimum Gasteiger partial charge on any atom is -0.507 e. The molecule has 0 amide bonds. The predicted octanol–water partition coefficient (Wildman–Crippen LogP) is 1.61. The summed E-state index contributed by atoms with van der Waals surface area (Å²) < 4.78 is 24.2. The fourth-order valence-corrected chi connectivity index (χ4v) is 0.896. The van der Waals surface area contributed by atoms with Crippen LogP contribution in [-0.2, 0) is 0 Å². The zero-order valence-electron chi connectivity index (χ0n) is 6.59. The lowest BCUT2D eigenvalue weighted by atomic mass is 10.1. The minimum atomic E-state index is -2.72. The van der Waals surface area contributed by atoms with Gasteiger partial charge in [-0.05, 0) is 12.1 Å². The first kappa shape index (κ1) is 9.44. The molecule has 4 N–H and O–H groups in total. The fourth-order valence-electron chi connectivity index (χ4n) is 0.896. The number of benzene rings is 1. The first-order valence-electron chi connectivity index (χ1n) is 3.48. The van der Waals surface area contributed by atoms with Gasteiger partial charge in [0.05, 0.1) is 5.56 Å². The first-order chi connectivity index (χ1) is 6.02. The van der Waals surface area contributed by atoms with Crippen molar-refractivity contribution in [3.8, 4) is 5.75 Å². The van der Waals surface area contributed by atoms with Crippen molar-refractivity contribution in [3.63, 3.8) is 0 Å². The maximum atomic E-state index is 12.1. The van der Waals surface area contributed by atoms with Gasteiger partial charge in [-0.1, -0.05) is 6.07 Å². The summed E-state index contributed by atoms with van der Waals surface area (Å²) in [4.78, 5) is 0. The van der Waals surface area contributed by atoms with Gasteiger partial charge >= 0.3 is 0 Å². The van der Waals surface area contributed by atoms with Crippen LogP contribution in [0.2, 0.25) is 0 Å². The van der Waals surface area contributed by atoms with Gasteiger partial charge in [0.1, 0.15) is 11.6 Å². The van der Waals surface area contributed by atoms with Crippen molar-refractivity contribution < 1.29 is 13.9 Å². The Morgan fingerprint density at radius 1 is 1.46 bits per heavy atom. The maximum Gasteiger partial charge on any atom is 0.267 e. The summed E-state index contributed by atoms with van der Waals surface area (Å²) in [5.74, 6) is -0.807. The molecule has 0 aliphatic heterocycles. The molecular formula is C8H8F2N2O. The SMILES string of the molecule is N=C(N)c1ccc(C(F)F)c(O)c1. The van der Waals surface area contributed by atoms with Crippen molar-refractivity contribution in [2.75, 3.05) is 0 Å². The molecule has 0 saturated heterocycles. The molecule has 1 aromatic rings. The van der Waals surface area contributed by atoms with Crippen LogP contribution >= 0.6 is 0 Å². The van der Waals surface area contributed by atoms with Gasteiger partial charge < -0.3 is 10.8 Å². The highest BCUT2D eigenvalue weighted by molar-refractivity contribution is 5.95. The fraction of sp³-hybridized carbons (Fsp3) is 0.125. The van der Waals surface area contributed by atoms with Gasteiger partial charge in [0, 0.05) is 5.56 Å². The van der Waals surface area contributed by atoms with Crippen LogP contribution in [0.15, 0.2) is 18.2 Å². The molecule has 5 heteroatoms. The van der Waals surface area contributed by atoms with Crippen LogP contribution in [0, 0.1) is 5.41 Å². The number of phenolic OH excluding ortho intramolecular Hbond substituents is 1. The molecule has 0 aromatic heterocycles. The standard InChI is InChI=1S/C8H8F2N2O/c9-7(10)5-2-1-4(8(11)12)3-6(5)13/h1-3,7,13H,(H3,11,12).